The third-order valence-corrected chi connectivity index (χ3v) is 2.67. The predicted molar refractivity (Wildman–Crippen MR) is 66.5 cm³/mol. The van der Waals surface area contributed by atoms with Crippen LogP contribution in [0.15, 0.2) is 42.5 Å². The fraction of sp³-hybridized carbons (Fsp3) is 0.143. The van der Waals surface area contributed by atoms with Gasteiger partial charge in [0, 0.05) is 17.8 Å². The molecule has 0 saturated heterocycles. The number of rotatable bonds is 3. The van der Waals surface area contributed by atoms with E-state index in [-0.39, 0.29) is 11.8 Å². The molecule has 0 spiro atoms. The van der Waals surface area contributed by atoms with E-state index in [1.165, 1.54) is 6.07 Å². The molecular weight excluding hydrogens is 236 g/mol. The fourth-order valence-corrected chi connectivity index (χ4v) is 1.71. The molecule has 2 N–H and O–H groups in total. The molecule has 4 heteroatoms. The highest BCUT2D eigenvalue weighted by atomic mass is 19.2. The first-order valence-electron chi connectivity index (χ1n) is 5.57. The minimum absolute atomic E-state index is 0.150. The van der Waals surface area contributed by atoms with E-state index in [1.807, 2.05) is 6.92 Å². The highest BCUT2D eigenvalue weighted by Crippen LogP contribution is 2.23. The second-order valence-electron chi connectivity index (χ2n) is 4.09. The summed E-state index contributed by atoms with van der Waals surface area (Å²) < 4.78 is 25.9. The SMILES string of the molecule is CC(Nc1cccc(O)c1)c1ccc(F)c(F)c1. The van der Waals surface area contributed by atoms with Gasteiger partial charge in [-0.3, -0.25) is 0 Å². The van der Waals surface area contributed by atoms with Crippen LogP contribution in [-0.2, 0) is 0 Å². The standard InChI is InChI=1S/C14H13F2NO/c1-9(10-5-6-13(15)14(16)7-10)17-11-3-2-4-12(18)8-11/h2-9,17-18H,1H3. The van der Waals surface area contributed by atoms with E-state index in [9.17, 15) is 13.9 Å². The van der Waals surface area contributed by atoms with Crippen LogP contribution in [0.3, 0.4) is 0 Å². The van der Waals surface area contributed by atoms with Gasteiger partial charge in [0.25, 0.3) is 0 Å². The number of hydrogen-bond acceptors (Lipinski definition) is 2. The maximum atomic E-state index is 13.1. The van der Waals surface area contributed by atoms with Crippen LogP contribution in [0.1, 0.15) is 18.5 Å². The van der Waals surface area contributed by atoms with Gasteiger partial charge in [-0.1, -0.05) is 12.1 Å². The molecule has 0 radical (unpaired) electrons. The van der Waals surface area contributed by atoms with Crippen molar-refractivity contribution in [2.45, 2.75) is 13.0 Å². The lowest BCUT2D eigenvalue weighted by molar-refractivity contribution is 0.475. The van der Waals surface area contributed by atoms with Crippen molar-refractivity contribution in [2.24, 2.45) is 0 Å². The molecule has 2 aromatic carbocycles. The second-order valence-corrected chi connectivity index (χ2v) is 4.09. The maximum Gasteiger partial charge on any atom is 0.159 e. The molecule has 0 aliphatic rings. The third kappa shape index (κ3) is 2.77. The lowest BCUT2D eigenvalue weighted by Crippen LogP contribution is -2.07. The van der Waals surface area contributed by atoms with Gasteiger partial charge >= 0.3 is 0 Å². The Morgan fingerprint density at radius 2 is 1.83 bits per heavy atom. The van der Waals surface area contributed by atoms with Crippen LogP contribution in [0.5, 0.6) is 5.75 Å². The van der Waals surface area contributed by atoms with E-state index in [0.717, 1.165) is 12.1 Å². The molecule has 0 aliphatic heterocycles. The Kier molecular flexibility index (Phi) is 3.46. The Morgan fingerprint density at radius 3 is 2.50 bits per heavy atom. The zero-order valence-corrected chi connectivity index (χ0v) is 9.82. The number of benzene rings is 2. The number of phenols is 1. The number of aromatic hydroxyl groups is 1. The third-order valence-electron chi connectivity index (χ3n) is 2.67. The lowest BCUT2D eigenvalue weighted by Gasteiger charge is -2.16. The largest absolute Gasteiger partial charge is 0.508 e. The van der Waals surface area contributed by atoms with Crippen molar-refractivity contribution in [1.82, 2.24) is 0 Å². The quantitative estimate of drug-likeness (QED) is 0.866. The summed E-state index contributed by atoms with van der Waals surface area (Å²) in [6.07, 6.45) is 0. The average Bonchev–Trinajstić information content (AvgIpc) is 2.32. The molecule has 2 aromatic rings. The van der Waals surface area contributed by atoms with E-state index in [1.54, 1.807) is 24.3 Å². The molecule has 0 fully saturated rings. The van der Waals surface area contributed by atoms with Crippen LogP contribution in [0.4, 0.5) is 14.5 Å². The van der Waals surface area contributed by atoms with Crippen molar-refractivity contribution >= 4 is 5.69 Å². The van der Waals surface area contributed by atoms with Crippen LogP contribution in [0.2, 0.25) is 0 Å². The monoisotopic (exact) mass is 249 g/mol. The number of phenolic OH excluding ortho intramolecular Hbond substituents is 1. The second kappa shape index (κ2) is 5.04. The highest BCUT2D eigenvalue weighted by molar-refractivity contribution is 5.49. The van der Waals surface area contributed by atoms with Crippen molar-refractivity contribution in [3.05, 3.63) is 59.7 Å². The molecule has 1 unspecified atom stereocenters. The van der Waals surface area contributed by atoms with Crippen molar-refractivity contribution in [3.63, 3.8) is 0 Å². The summed E-state index contributed by atoms with van der Waals surface area (Å²) >= 11 is 0. The lowest BCUT2D eigenvalue weighted by atomic mass is 10.1. The molecule has 1 atom stereocenters. The molecule has 18 heavy (non-hydrogen) atoms. The maximum absolute atomic E-state index is 13.1. The molecule has 94 valence electrons. The van der Waals surface area contributed by atoms with Crippen molar-refractivity contribution < 1.29 is 13.9 Å². The normalized spacial score (nSPS) is 12.2. The molecule has 2 rings (SSSR count). The molecule has 2 nitrogen and oxygen atoms in total. The summed E-state index contributed by atoms with van der Waals surface area (Å²) in [5.74, 6) is -1.57. The molecule has 0 bridgehead atoms. The van der Waals surface area contributed by atoms with E-state index in [4.69, 9.17) is 0 Å². The Bertz CT molecular complexity index is 557. The molecule has 0 aromatic heterocycles. The summed E-state index contributed by atoms with van der Waals surface area (Å²) in [5, 5.41) is 12.4. The van der Waals surface area contributed by atoms with E-state index in [2.05, 4.69) is 5.32 Å². The Morgan fingerprint density at radius 1 is 1.06 bits per heavy atom. The van der Waals surface area contributed by atoms with Crippen LogP contribution in [-0.4, -0.2) is 5.11 Å². The van der Waals surface area contributed by atoms with Gasteiger partial charge < -0.3 is 10.4 Å². The first-order valence-corrected chi connectivity index (χ1v) is 5.57. The summed E-state index contributed by atoms with van der Waals surface area (Å²) in [5.41, 5.74) is 1.35. The van der Waals surface area contributed by atoms with Crippen molar-refractivity contribution in [2.75, 3.05) is 5.32 Å². The van der Waals surface area contributed by atoms with Gasteiger partial charge in [-0.15, -0.1) is 0 Å². The summed E-state index contributed by atoms with van der Waals surface area (Å²) in [4.78, 5) is 0. The van der Waals surface area contributed by atoms with Crippen LogP contribution >= 0.6 is 0 Å². The zero-order valence-electron chi connectivity index (χ0n) is 9.82. The molecule has 0 saturated carbocycles. The number of nitrogens with one attached hydrogen (secondary N) is 1. The highest BCUT2D eigenvalue weighted by Gasteiger charge is 2.09. The Hall–Kier alpha value is -2.10. The molecule has 0 amide bonds. The van der Waals surface area contributed by atoms with Gasteiger partial charge in [-0.05, 0) is 36.8 Å². The fourth-order valence-electron chi connectivity index (χ4n) is 1.71. The number of anilines is 1. The van der Waals surface area contributed by atoms with Gasteiger partial charge in [0.15, 0.2) is 11.6 Å². The summed E-state index contributed by atoms with van der Waals surface area (Å²) in [7, 11) is 0. The first-order chi connectivity index (χ1) is 8.56. The zero-order chi connectivity index (χ0) is 13.1. The van der Waals surface area contributed by atoms with E-state index < -0.39 is 11.6 Å². The molecule has 0 heterocycles. The predicted octanol–water partition coefficient (Wildman–Crippen LogP) is 3.84. The Labute approximate surface area is 104 Å². The summed E-state index contributed by atoms with van der Waals surface area (Å²) in [6, 6.07) is 10.2. The van der Waals surface area contributed by atoms with Gasteiger partial charge in [-0.2, -0.15) is 0 Å². The van der Waals surface area contributed by atoms with E-state index >= 15 is 0 Å². The van der Waals surface area contributed by atoms with Gasteiger partial charge in [0.05, 0.1) is 0 Å². The van der Waals surface area contributed by atoms with E-state index in [0.29, 0.717) is 11.3 Å². The van der Waals surface area contributed by atoms with Crippen LogP contribution < -0.4 is 5.32 Å². The minimum atomic E-state index is -0.864. The first kappa shape index (κ1) is 12.4. The molecular formula is C14H13F2NO. The Balaban J connectivity index is 2.16. The number of halogens is 2. The van der Waals surface area contributed by atoms with Gasteiger partial charge in [0.2, 0.25) is 0 Å². The molecule has 0 aliphatic carbocycles. The summed E-state index contributed by atoms with van der Waals surface area (Å²) in [6.45, 7) is 1.83. The van der Waals surface area contributed by atoms with Gasteiger partial charge in [-0.25, -0.2) is 8.78 Å². The minimum Gasteiger partial charge on any atom is -0.508 e. The van der Waals surface area contributed by atoms with Crippen LogP contribution in [0, 0.1) is 11.6 Å². The number of hydrogen-bond donors (Lipinski definition) is 2. The van der Waals surface area contributed by atoms with Crippen molar-refractivity contribution in [3.8, 4) is 5.75 Å². The van der Waals surface area contributed by atoms with Crippen LogP contribution in [0.25, 0.3) is 0 Å². The van der Waals surface area contributed by atoms with Gasteiger partial charge in [0.1, 0.15) is 5.75 Å². The smallest absolute Gasteiger partial charge is 0.159 e. The van der Waals surface area contributed by atoms with Crippen molar-refractivity contribution in [1.29, 1.82) is 0 Å². The average molecular weight is 249 g/mol. The topological polar surface area (TPSA) is 32.3 Å².